The first-order valence-corrected chi connectivity index (χ1v) is 5.27. The van der Waals surface area contributed by atoms with Gasteiger partial charge in [0.25, 0.3) is 0 Å². The normalized spacial score (nSPS) is 10.2. The molecule has 0 bridgehead atoms. The highest BCUT2D eigenvalue weighted by molar-refractivity contribution is 5.44. The molecule has 0 atom stereocenters. The Morgan fingerprint density at radius 1 is 1.47 bits per heavy atom. The Morgan fingerprint density at radius 2 is 2.29 bits per heavy atom. The summed E-state index contributed by atoms with van der Waals surface area (Å²) in [7, 11) is 3.46. The van der Waals surface area contributed by atoms with E-state index in [9.17, 15) is 5.11 Å². The van der Waals surface area contributed by atoms with Gasteiger partial charge >= 0.3 is 0 Å². The standard InChI is InChI=1S/C12H15N3O2/c1-15-8-10(7-14-15)13-6-9-5-11(17-2)3-4-12(9)16/h3-5,7-8,13,16H,6H2,1-2H3. The second-order valence-corrected chi connectivity index (χ2v) is 3.75. The van der Waals surface area contributed by atoms with Gasteiger partial charge in [-0.15, -0.1) is 0 Å². The highest BCUT2D eigenvalue weighted by Gasteiger charge is 2.03. The zero-order chi connectivity index (χ0) is 12.3. The van der Waals surface area contributed by atoms with Crippen LogP contribution >= 0.6 is 0 Å². The fourth-order valence-electron chi connectivity index (χ4n) is 1.54. The van der Waals surface area contributed by atoms with Crippen molar-refractivity contribution in [2.24, 2.45) is 7.05 Å². The van der Waals surface area contributed by atoms with Crippen molar-refractivity contribution in [3.8, 4) is 11.5 Å². The maximum atomic E-state index is 9.70. The molecule has 1 aromatic heterocycles. The van der Waals surface area contributed by atoms with Gasteiger partial charge in [-0.25, -0.2) is 0 Å². The number of phenols is 1. The molecular weight excluding hydrogens is 218 g/mol. The molecule has 2 N–H and O–H groups in total. The minimum atomic E-state index is 0.252. The Kier molecular flexibility index (Phi) is 3.18. The van der Waals surface area contributed by atoms with E-state index in [0.29, 0.717) is 6.54 Å². The maximum Gasteiger partial charge on any atom is 0.120 e. The van der Waals surface area contributed by atoms with Gasteiger partial charge in [0, 0.05) is 25.4 Å². The highest BCUT2D eigenvalue weighted by atomic mass is 16.5. The van der Waals surface area contributed by atoms with Crippen molar-refractivity contribution >= 4 is 5.69 Å². The number of anilines is 1. The van der Waals surface area contributed by atoms with Crippen molar-refractivity contribution in [1.29, 1.82) is 0 Å². The van der Waals surface area contributed by atoms with Gasteiger partial charge < -0.3 is 15.2 Å². The van der Waals surface area contributed by atoms with Crippen molar-refractivity contribution < 1.29 is 9.84 Å². The lowest BCUT2D eigenvalue weighted by molar-refractivity contribution is 0.411. The summed E-state index contributed by atoms with van der Waals surface area (Å²) in [6, 6.07) is 5.15. The first-order valence-electron chi connectivity index (χ1n) is 5.27. The van der Waals surface area contributed by atoms with Crippen LogP contribution in [0, 0.1) is 0 Å². The molecule has 0 aliphatic carbocycles. The van der Waals surface area contributed by atoms with Crippen LogP contribution in [-0.4, -0.2) is 22.0 Å². The van der Waals surface area contributed by atoms with Crippen LogP contribution < -0.4 is 10.1 Å². The number of ether oxygens (including phenoxy) is 1. The molecule has 2 rings (SSSR count). The first kappa shape index (κ1) is 11.3. The van der Waals surface area contributed by atoms with Crippen LogP contribution in [0.1, 0.15) is 5.56 Å². The topological polar surface area (TPSA) is 59.3 Å². The number of phenolic OH excluding ortho intramolecular Hbond substituents is 1. The summed E-state index contributed by atoms with van der Waals surface area (Å²) in [6.07, 6.45) is 3.61. The minimum Gasteiger partial charge on any atom is -0.508 e. The van der Waals surface area contributed by atoms with Gasteiger partial charge in [-0.3, -0.25) is 4.68 Å². The van der Waals surface area contributed by atoms with Gasteiger partial charge in [-0.2, -0.15) is 5.10 Å². The summed E-state index contributed by atoms with van der Waals surface area (Å²) in [5.41, 5.74) is 1.70. The summed E-state index contributed by atoms with van der Waals surface area (Å²) < 4.78 is 6.83. The van der Waals surface area contributed by atoms with Gasteiger partial charge in [0.1, 0.15) is 11.5 Å². The minimum absolute atomic E-state index is 0.252. The molecule has 0 spiro atoms. The Balaban J connectivity index is 2.07. The SMILES string of the molecule is COc1ccc(O)c(CNc2cnn(C)c2)c1. The smallest absolute Gasteiger partial charge is 0.120 e. The average molecular weight is 233 g/mol. The number of nitrogens with one attached hydrogen (secondary N) is 1. The first-order chi connectivity index (χ1) is 8.19. The van der Waals surface area contributed by atoms with Gasteiger partial charge in [0.05, 0.1) is 19.0 Å². The number of aromatic nitrogens is 2. The fourth-order valence-corrected chi connectivity index (χ4v) is 1.54. The fraction of sp³-hybridized carbons (Fsp3) is 0.250. The van der Waals surface area contributed by atoms with Crippen molar-refractivity contribution in [3.63, 3.8) is 0 Å². The Morgan fingerprint density at radius 3 is 2.94 bits per heavy atom. The number of hydrogen-bond acceptors (Lipinski definition) is 4. The number of rotatable bonds is 4. The predicted molar refractivity (Wildman–Crippen MR) is 65.2 cm³/mol. The molecule has 0 radical (unpaired) electrons. The summed E-state index contributed by atoms with van der Waals surface area (Å²) in [4.78, 5) is 0. The molecular formula is C12H15N3O2. The number of aryl methyl sites for hydroxylation is 1. The summed E-state index contributed by atoms with van der Waals surface area (Å²) in [6.45, 7) is 0.523. The van der Waals surface area contributed by atoms with Gasteiger partial charge in [0.2, 0.25) is 0 Å². The van der Waals surface area contributed by atoms with Crippen LogP contribution in [0.15, 0.2) is 30.6 Å². The molecule has 0 aliphatic heterocycles. The van der Waals surface area contributed by atoms with Gasteiger partial charge in [-0.1, -0.05) is 0 Å². The zero-order valence-corrected chi connectivity index (χ0v) is 9.84. The Labute approximate surface area is 99.6 Å². The van der Waals surface area contributed by atoms with Crippen molar-refractivity contribution in [2.75, 3.05) is 12.4 Å². The van der Waals surface area contributed by atoms with Crippen LogP contribution in [0.5, 0.6) is 11.5 Å². The van der Waals surface area contributed by atoms with Gasteiger partial charge in [-0.05, 0) is 18.2 Å². The maximum absolute atomic E-state index is 9.70. The van der Waals surface area contributed by atoms with E-state index in [1.165, 1.54) is 0 Å². The molecule has 5 heteroatoms. The third-order valence-electron chi connectivity index (χ3n) is 2.47. The molecule has 90 valence electrons. The molecule has 2 aromatic rings. The van der Waals surface area contributed by atoms with E-state index in [1.54, 1.807) is 36.2 Å². The van der Waals surface area contributed by atoms with Crippen LogP contribution in [0.3, 0.4) is 0 Å². The second kappa shape index (κ2) is 4.78. The molecule has 5 nitrogen and oxygen atoms in total. The zero-order valence-electron chi connectivity index (χ0n) is 9.84. The molecule has 1 aromatic carbocycles. The van der Waals surface area contributed by atoms with Crippen molar-refractivity contribution in [3.05, 3.63) is 36.2 Å². The van der Waals surface area contributed by atoms with Crippen molar-refractivity contribution in [1.82, 2.24) is 9.78 Å². The lowest BCUT2D eigenvalue weighted by Crippen LogP contribution is -1.99. The van der Waals surface area contributed by atoms with E-state index in [4.69, 9.17) is 4.74 Å². The largest absolute Gasteiger partial charge is 0.508 e. The van der Waals surface area contributed by atoms with E-state index in [-0.39, 0.29) is 5.75 Å². The number of benzene rings is 1. The van der Waals surface area contributed by atoms with Gasteiger partial charge in [0.15, 0.2) is 0 Å². The summed E-state index contributed by atoms with van der Waals surface area (Å²) >= 11 is 0. The van der Waals surface area contributed by atoms with E-state index < -0.39 is 0 Å². The summed E-state index contributed by atoms with van der Waals surface area (Å²) in [5.74, 6) is 0.980. The molecule has 0 aliphatic rings. The van der Waals surface area contributed by atoms with E-state index in [0.717, 1.165) is 17.0 Å². The highest BCUT2D eigenvalue weighted by Crippen LogP contribution is 2.23. The van der Waals surface area contributed by atoms with E-state index >= 15 is 0 Å². The van der Waals surface area contributed by atoms with Crippen LogP contribution in [0.4, 0.5) is 5.69 Å². The number of nitrogens with zero attached hydrogens (tertiary/aromatic N) is 2. The van der Waals surface area contributed by atoms with E-state index in [1.807, 2.05) is 13.2 Å². The molecule has 0 unspecified atom stereocenters. The molecule has 1 heterocycles. The number of hydrogen-bond donors (Lipinski definition) is 2. The van der Waals surface area contributed by atoms with Crippen LogP contribution in [0.2, 0.25) is 0 Å². The molecule has 0 amide bonds. The monoisotopic (exact) mass is 233 g/mol. The lowest BCUT2D eigenvalue weighted by Gasteiger charge is -2.08. The predicted octanol–water partition coefficient (Wildman–Crippen LogP) is 1.75. The lowest BCUT2D eigenvalue weighted by atomic mass is 10.2. The number of methoxy groups -OCH3 is 1. The van der Waals surface area contributed by atoms with Crippen LogP contribution in [0.25, 0.3) is 0 Å². The van der Waals surface area contributed by atoms with Crippen molar-refractivity contribution in [2.45, 2.75) is 6.54 Å². The Hall–Kier alpha value is -2.17. The number of aromatic hydroxyl groups is 1. The van der Waals surface area contributed by atoms with Crippen LogP contribution in [-0.2, 0) is 13.6 Å². The third-order valence-corrected chi connectivity index (χ3v) is 2.47. The molecule has 0 saturated heterocycles. The third kappa shape index (κ3) is 2.69. The molecule has 0 saturated carbocycles. The molecule has 0 fully saturated rings. The Bertz CT molecular complexity index is 508. The average Bonchev–Trinajstić information content (AvgIpc) is 2.74. The quantitative estimate of drug-likeness (QED) is 0.844. The second-order valence-electron chi connectivity index (χ2n) is 3.75. The summed E-state index contributed by atoms with van der Waals surface area (Å²) in [5, 5.41) is 16.9. The van der Waals surface area contributed by atoms with E-state index in [2.05, 4.69) is 10.4 Å². The molecule has 17 heavy (non-hydrogen) atoms.